The minimum atomic E-state index is -1.19. The number of nitrogens with one attached hydrogen (secondary N) is 1. The number of carbonyl (C=O) groups is 4. The number of hydrogen-bond acceptors (Lipinski definition) is 9. The molecule has 0 aliphatic carbocycles. The Morgan fingerprint density at radius 1 is 0.968 bits per heavy atom. The molecule has 5 atom stereocenters. The molecule has 1 amide bonds. The van der Waals surface area contributed by atoms with Crippen LogP contribution in [-0.2, 0) is 42.9 Å². The number of nitrogens with zero attached hydrogens (tertiary/aromatic N) is 1. The zero-order valence-corrected chi connectivity index (χ0v) is 18.7. The van der Waals surface area contributed by atoms with E-state index in [2.05, 4.69) is 5.32 Å². The molecule has 12 heteroatoms. The molecule has 178 valence electrons. The molecule has 1 fully saturated rings. The van der Waals surface area contributed by atoms with E-state index < -0.39 is 61.3 Å². The number of esters is 3. The summed E-state index contributed by atoms with van der Waals surface area (Å²) in [6.07, 6.45) is -4.57. The average molecular weight is 451 g/mol. The first kappa shape index (κ1) is 26.7. The number of halogens is 1. The van der Waals surface area contributed by atoms with Crippen LogP contribution in [0.15, 0.2) is 0 Å². The minimum absolute atomic E-state index is 0.0256. The molecule has 1 aliphatic rings. The predicted octanol–water partition coefficient (Wildman–Crippen LogP) is -0.337. The van der Waals surface area contributed by atoms with Crippen LogP contribution >= 0.6 is 0 Å². The van der Waals surface area contributed by atoms with E-state index in [0.29, 0.717) is 0 Å². The Bertz CT molecular complexity index is 658. The fraction of sp³-hybridized carbons (Fsp3) is 0.789. The Labute approximate surface area is 180 Å². The van der Waals surface area contributed by atoms with Gasteiger partial charge < -0.3 is 33.5 Å². The number of amides is 1. The first-order valence-electron chi connectivity index (χ1n) is 9.76. The van der Waals surface area contributed by atoms with Gasteiger partial charge in [0, 0.05) is 27.7 Å². The monoisotopic (exact) mass is 451 g/mol. The Morgan fingerprint density at radius 3 is 2.03 bits per heavy atom. The maximum Gasteiger partial charge on any atom is 0.303 e. The summed E-state index contributed by atoms with van der Waals surface area (Å²) in [4.78, 5) is 46.5. The van der Waals surface area contributed by atoms with Crippen LogP contribution in [0, 0.1) is 0 Å². The van der Waals surface area contributed by atoms with Crippen LogP contribution in [0.5, 0.6) is 0 Å². The minimum Gasteiger partial charge on any atom is -0.463 e. The molecule has 0 bridgehead atoms. The van der Waals surface area contributed by atoms with Gasteiger partial charge in [0.25, 0.3) is 0 Å². The molecular weight excluding hydrogens is 419 g/mol. The zero-order chi connectivity index (χ0) is 23.8. The van der Waals surface area contributed by atoms with Crippen molar-refractivity contribution in [1.29, 1.82) is 0 Å². The van der Waals surface area contributed by atoms with Crippen molar-refractivity contribution in [3.05, 3.63) is 0 Å². The van der Waals surface area contributed by atoms with E-state index in [1.165, 1.54) is 13.8 Å². The van der Waals surface area contributed by atoms with Gasteiger partial charge in [-0.05, 0) is 0 Å². The molecule has 0 radical (unpaired) electrons. The van der Waals surface area contributed by atoms with Crippen LogP contribution in [0.1, 0.15) is 27.7 Å². The number of hydrogen-bond donors (Lipinski definition) is 1. The molecule has 0 saturated carbocycles. The predicted molar refractivity (Wildman–Crippen MR) is 103 cm³/mol. The number of likely N-dealkylation sites (N-methyl/N-ethyl adjacent to an activating group) is 1. The third kappa shape index (κ3) is 9.15. The van der Waals surface area contributed by atoms with E-state index >= 15 is 0 Å². The summed E-state index contributed by atoms with van der Waals surface area (Å²) < 4.78 is 40.3. The summed E-state index contributed by atoms with van der Waals surface area (Å²) >= 11 is 0. The lowest BCUT2D eigenvalue weighted by Crippen LogP contribution is -2.66. The van der Waals surface area contributed by atoms with Crippen molar-refractivity contribution in [1.82, 2.24) is 5.32 Å². The van der Waals surface area contributed by atoms with Crippen molar-refractivity contribution in [2.75, 3.05) is 40.7 Å². The average Bonchev–Trinajstić information content (AvgIpc) is 2.63. The summed E-state index contributed by atoms with van der Waals surface area (Å²) in [5.74, 6) is -2.46. The Hall–Kier alpha value is -2.31. The molecule has 1 saturated heterocycles. The van der Waals surface area contributed by atoms with E-state index in [0.717, 1.165) is 13.8 Å². The molecule has 0 aromatic heterocycles. The Kier molecular flexibility index (Phi) is 10.3. The second-order valence-corrected chi connectivity index (χ2v) is 7.87. The van der Waals surface area contributed by atoms with Gasteiger partial charge in [-0.25, -0.2) is 0 Å². The fourth-order valence-corrected chi connectivity index (χ4v) is 2.91. The first-order chi connectivity index (χ1) is 14.4. The lowest BCUT2D eigenvalue weighted by Gasteiger charge is -2.45. The summed E-state index contributed by atoms with van der Waals surface area (Å²) in [6.45, 7) is 4.14. The Morgan fingerprint density at radius 2 is 1.55 bits per heavy atom. The molecule has 0 aromatic carbocycles. The molecule has 0 spiro atoms. The summed E-state index contributed by atoms with van der Waals surface area (Å²) in [7, 11) is 3.33. The molecule has 1 rings (SSSR count). The van der Waals surface area contributed by atoms with Gasteiger partial charge in [-0.3, -0.25) is 19.2 Å². The van der Waals surface area contributed by atoms with Crippen molar-refractivity contribution in [3.8, 4) is 0 Å². The molecule has 1 N–H and O–H groups in total. The van der Waals surface area contributed by atoms with E-state index in [-0.39, 0.29) is 24.2 Å². The third-order valence-electron chi connectivity index (χ3n) is 4.37. The normalized spacial score (nSPS) is 26.0. The van der Waals surface area contributed by atoms with Crippen LogP contribution in [0.2, 0.25) is 0 Å². The smallest absolute Gasteiger partial charge is 0.303 e. The van der Waals surface area contributed by atoms with Gasteiger partial charge in [0.2, 0.25) is 12.7 Å². The number of alkyl halides is 1. The summed E-state index contributed by atoms with van der Waals surface area (Å²) in [5.41, 5.74) is 0. The van der Waals surface area contributed by atoms with Gasteiger partial charge in [0.15, 0.2) is 18.5 Å². The summed E-state index contributed by atoms with van der Waals surface area (Å²) in [6, 6.07) is -1.04. The van der Waals surface area contributed by atoms with E-state index in [1.807, 2.05) is 0 Å². The van der Waals surface area contributed by atoms with Crippen molar-refractivity contribution in [2.24, 2.45) is 0 Å². The highest BCUT2D eigenvalue weighted by molar-refractivity contribution is 5.73. The Balaban J connectivity index is 3.21. The molecule has 1 heterocycles. The van der Waals surface area contributed by atoms with Crippen LogP contribution < -0.4 is 5.32 Å². The van der Waals surface area contributed by atoms with Gasteiger partial charge in [-0.2, -0.15) is 4.39 Å². The van der Waals surface area contributed by atoms with Gasteiger partial charge >= 0.3 is 17.9 Å². The fourth-order valence-electron chi connectivity index (χ4n) is 2.91. The number of quaternary nitrogens is 1. The van der Waals surface area contributed by atoms with Crippen LogP contribution in [-0.4, -0.2) is 99.6 Å². The van der Waals surface area contributed by atoms with Gasteiger partial charge in [0.05, 0.1) is 20.7 Å². The van der Waals surface area contributed by atoms with E-state index in [9.17, 15) is 23.6 Å². The van der Waals surface area contributed by atoms with Crippen molar-refractivity contribution >= 4 is 23.8 Å². The van der Waals surface area contributed by atoms with Crippen molar-refractivity contribution < 1.29 is 51.7 Å². The number of ether oxygens (including phenoxy) is 5. The number of rotatable bonds is 10. The molecule has 0 unspecified atom stereocenters. The second-order valence-electron chi connectivity index (χ2n) is 7.87. The highest BCUT2D eigenvalue weighted by Crippen LogP contribution is 2.28. The van der Waals surface area contributed by atoms with E-state index in [1.54, 1.807) is 14.1 Å². The van der Waals surface area contributed by atoms with Crippen LogP contribution in [0.25, 0.3) is 0 Å². The largest absolute Gasteiger partial charge is 0.463 e. The van der Waals surface area contributed by atoms with E-state index in [4.69, 9.17) is 23.7 Å². The highest BCUT2D eigenvalue weighted by Gasteiger charge is 2.51. The summed E-state index contributed by atoms with van der Waals surface area (Å²) in [5, 5.41) is 2.59. The number of carbonyl (C=O) groups excluding carboxylic acids is 4. The third-order valence-corrected chi connectivity index (χ3v) is 4.37. The molecule has 31 heavy (non-hydrogen) atoms. The van der Waals surface area contributed by atoms with Crippen LogP contribution in [0.4, 0.5) is 4.39 Å². The van der Waals surface area contributed by atoms with Gasteiger partial charge in [-0.1, -0.05) is 0 Å². The highest BCUT2D eigenvalue weighted by atomic mass is 19.1. The maximum absolute atomic E-state index is 13.1. The molecule has 0 aromatic rings. The lowest BCUT2D eigenvalue weighted by molar-refractivity contribution is -0.903. The van der Waals surface area contributed by atoms with Crippen LogP contribution in [0.3, 0.4) is 0 Å². The van der Waals surface area contributed by atoms with Crippen molar-refractivity contribution in [3.63, 3.8) is 0 Å². The molecule has 1 aliphatic heterocycles. The lowest BCUT2D eigenvalue weighted by atomic mass is 9.96. The SMILES string of the molecule is CC(=O)N[C@H]1[C@H](OCC[N+](C)(C)CF)O[C@H](COC(C)=O)[C@@H](OC(C)=O)[C@@H]1OC(C)=O. The standard InChI is InChI=1S/C19H31FN2O9/c1-11(23)21-16-18(30-14(4)26)17(29-13(3)25)15(9-28-12(2)24)31-19(16)27-8-7-22(5,6)10-20/h15-19H,7-10H2,1-6H3/p+1/t15-,16-,17-,18-,19-/m1/s1. The van der Waals surface area contributed by atoms with Gasteiger partial charge in [0.1, 0.15) is 25.3 Å². The first-order valence-corrected chi connectivity index (χ1v) is 9.76. The molecule has 11 nitrogen and oxygen atoms in total. The second kappa shape index (κ2) is 11.9. The topological polar surface area (TPSA) is 126 Å². The van der Waals surface area contributed by atoms with Gasteiger partial charge in [-0.15, -0.1) is 0 Å². The quantitative estimate of drug-likeness (QED) is 0.205. The molecular formula is C19H32FN2O9+. The zero-order valence-electron chi connectivity index (χ0n) is 18.7. The maximum atomic E-state index is 13.1. The van der Waals surface area contributed by atoms with Crippen molar-refractivity contribution in [2.45, 2.75) is 58.3 Å².